The maximum Gasteiger partial charge on any atom is 0.342 e. The summed E-state index contributed by atoms with van der Waals surface area (Å²) in [7, 11) is -2.19. The van der Waals surface area contributed by atoms with E-state index in [1.54, 1.807) is 13.8 Å². The average Bonchev–Trinajstić information content (AvgIpc) is 3.86. The summed E-state index contributed by atoms with van der Waals surface area (Å²) in [6, 6.07) is 7.82. The fourth-order valence-corrected chi connectivity index (χ4v) is 7.79. The van der Waals surface area contributed by atoms with E-state index in [-0.39, 0.29) is 30.7 Å². The van der Waals surface area contributed by atoms with E-state index in [2.05, 4.69) is 70.9 Å². The summed E-state index contributed by atoms with van der Waals surface area (Å²) in [5.74, 6) is 2.43. The van der Waals surface area contributed by atoms with Crippen molar-refractivity contribution in [3.05, 3.63) is 46.5 Å². The molecule has 7 nitrogen and oxygen atoms in total. The minimum absolute atomic E-state index is 0.0742. The molecular formula is C35H52NO6P. The molecule has 2 aromatic carbocycles. The zero-order valence-electron chi connectivity index (χ0n) is 27.5. The number of rotatable bonds is 15. The molecule has 2 fully saturated rings. The molecule has 2 aliphatic rings. The quantitative estimate of drug-likeness (QED) is 0.153. The molecule has 0 spiro atoms. The Labute approximate surface area is 258 Å². The van der Waals surface area contributed by atoms with Crippen LogP contribution in [0.2, 0.25) is 0 Å². The molecule has 0 amide bonds. The highest BCUT2D eigenvalue weighted by atomic mass is 31.2. The molecular weight excluding hydrogens is 561 g/mol. The Kier molecular flexibility index (Phi) is 10.7. The first-order valence-electron chi connectivity index (χ1n) is 16.1. The van der Waals surface area contributed by atoms with Crippen LogP contribution in [0.1, 0.15) is 127 Å². The largest absolute Gasteiger partial charge is 0.507 e. The summed E-state index contributed by atoms with van der Waals surface area (Å²) < 4.78 is 31.3. The molecule has 4 rings (SSSR count). The topological polar surface area (TPSA) is 94.1 Å². The number of methoxy groups -OCH3 is 1. The highest BCUT2D eigenvalue weighted by Gasteiger charge is 2.37. The third-order valence-electron chi connectivity index (χ3n) is 9.10. The summed E-state index contributed by atoms with van der Waals surface area (Å²) in [4.78, 5) is 12.4. The van der Waals surface area contributed by atoms with E-state index < -0.39 is 19.5 Å². The first kappa shape index (κ1) is 33.6. The Morgan fingerprint density at radius 2 is 1.35 bits per heavy atom. The van der Waals surface area contributed by atoms with Crippen molar-refractivity contribution in [3.8, 4) is 22.6 Å². The standard InChI is InChI=1S/C35H52NO6P/c1-10-41-35(38)24(8)36-43(39,19-40-9)42-34-30(21(4)5)16-28(18-32(34)23(7)26-13-14-26)27-15-29(20(2)3)33(37)31(17-27)22(6)25-11-12-25/h15-18,20-26,37H,10-14,19H2,1-9H3,(H,36,39)/t22-,23-,24+,43?/m1/s1. The summed E-state index contributed by atoms with van der Waals surface area (Å²) in [5.41, 5.74) is 6.10. The van der Waals surface area contributed by atoms with Crippen molar-refractivity contribution in [2.24, 2.45) is 11.8 Å². The van der Waals surface area contributed by atoms with E-state index in [1.807, 2.05) is 0 Å². The molecule has 43 heavy (non-hydrogen) atoms. The molecule has 2 saturated carbocycles. The molecule has 0 radical (unpaired) electrons. The van der Waals surface area contributed by atoms with Gasteiger partial charge in [0, 0.05) is 7.11 Å². The van der Waals surface area contributed by atoms with Gasteiger partial charge in [-0.1, -0.05) is 41.5 Å². The lowest BCUT2D eigenvalue weighted by Crippen LogP contribution is -2.35. The van der Waals surface area contributed by atoms with Crippen LogP contribution in [-0.2, 0) is 18.8 Å². The number of phenolic OH excluding ortho intramolecular Hbond substituents is 1. The number of ether oxygens (including phenoxy) is 2. The van der Waals surface area contributed by atoms with Gasteiger partial charge in [-0.3, -0.25) is 9.36 Å². The Morgan fingerprint density at radius 3 is 1.84 bits per heavy atom. The smallest absolute Gasteiger partial charge is 0.342 e. The summed E-state index contributed by atoms with van der Waals surface area (Å²) in [6.45, 7) is 16.5. The van der Waals surface area contributed by atoms with Gasteiger partial charge in [0.1, 0.15) is 23.9 Å². The zero-order chi connectivity index (χ0) is 31.6. The second kappa shape index (κ2) is 13.7. The molecule has 238 valence electrons. The van der Waals surface area contributed by atoms with E-state index in [9.17, 15) is 14.5 Å². The number of hydrogen-bond acceptors (Lipinski definition) is 6. The van der Waals surface area contributed by atoms with Crippen LogP contribution in [0.5, 0.6) is 11.5 Å². The maximum atomic E-state index is 14.2. The van der Waals surface area contributed by atoms with Crippen molar-refractivity contribution in [2.45, 2.75) is 111 Å². The van der Waals surface area contributed by atoms with Gasteiger partial charge < -0.3 is 19.1 Å². The van der Waals surface area contributed by atoms with Crippen LogP contribution in [0.4, 0.5) is 0 Å². The first-order valence-corrected chi connectivity index (χ1v) is 17.9. The zero-order valence-corrected chi connectivity index (χ0v) is 28.4. The number of benzene rings is 2. The Morgan fingerprint density at radius 1 is 0.860 bits per heavy atom. The Hall–Kier alpha value is -2.34. The van der Waals surface area contributed by atoms with Crippen LogP contribution in [0, 0.1) is 11.8 Å². The molecule has 0 aliphatic heterocycles. The van der Waals surface area contributed by atoms with Crippen molar-refractivity contribution < 1.29 is 28.5 Å². The summed E-state index contributed by atoms with van der Waals surface area (Å²) >= 11 is 0. The highest BCUT2D eigenvalue weighted by molar-refractivity contribution is 7.57. The third kappa shape index (κ3) is 7.85. The van der Waals surface area contributed by atoms with Gasteiger partial charge >= 0.3 is 13.5 Å². The number of nitrogens with one attached hydrogen (secondary N) is 1. The molecule has 0 aromatic heterocycles. The molecule has 0 bridgehead atoms. The van der Waals surface area contributed by atoms with Crippen LogP contribution in [0.25, 0.3) is 11.1 Å². The van der Waals surface area contributed by atoms with Gasteiger partial charge in [0.05, 0.1) is 6.61 Å². The van der Waals surface area contributed by atoms with E-state index in [4.69, 9.17) is 14.0 Å². The SMILES string of the molecule is CCOC(=O)[C@H](C)NP(=O)(COC)Oc1c(C(C)C)cc(-c2cc(C(C)C)c(O)c([C@H](C)C3CC3)c2)cc1[C@H](C)C1CC1. The number of carbonyl (C=O) groups is 1. The molecule has 8 heteroatoms. The molecule has 4 atom stereocenters. The van der Waals surface area contributed by atoms with E-state index >= 15 is 0 Å². The van der Waals surface area contributed by atoms with Gasteiger partial charge in [-0.05, 0) is 133 Å². The van der Waals surface area contributed by atoms with Crippen LogP contribution in [-0.4, -0.2) is 37.2 Å². The van der Waals surface area contributed by atoms with Crippen LogP contribution >= 0.6 is 7.52 Å². The van der Waals surface area contributed by atoms with Crippen LogP contribution in [0.15, 0.2) is 24.3 Å². The van der Waals surface area contributed by atoms with Crippen molar-refractivity contribution in [2.75, 3.05) is 20.1 Å². The minimum Gasteiger partial charge on any atom is -0.507 e. The molecule has 1 unspecified atom stereocenters. The number of hydrogen-bond donors (Lipinski definition) is 2. The molecule has 2 N–H and O–H groups in total. The van der Waals surface area contributed by atoms with E-state index in [0.717, 1.165) is 46.2 Å². The van der Waals surface area contributed by atoms with Crippen molar-refractivity contribution in [3.63, 3.8) is 0 Å². The lowest BCUT2D eigenvalue weighted by atomic mass is 9.84. The fraction of sp³-hybridized carbons (Fsp3) is 0.629. The van der Waals surface area contributed by atoms with Crippen molar-refractivity contribution in [1.82, 2.24) is 5.09 Å². The lowest BCUT2D eigenvalue weighted by Gasteiger charge is -2.28. The van der Waals surface area contributed by atoms with E-state index in [0.29, 0.717) is 29.3 Å². The molecule has 2 aliphatic carbocycles. The normalized spacial score (nSPS) is 18.8. The predicted molar refractivity (Wildman–Crippen MR) is 173 cm³/mol. The van der Waals surface area contributed by atoms with Gasteiger partial charge in [0.2, 0.25) is 0 Å². The van der Waals surface area contributed by atoms with Crippen molar-refractivity contribution in [1.29, 1.82) is 0 Å². The van der Waals surface area contributed by atoms with Gasteiger partial charge in [0.15, 0.2) is 0 Å². The number of phenols is 1. The van der Waals surface area contributed by atoms with E-state index in [1.165, 1.54) is 20.0 Å². The van der Waals surface area contributed by atoms with Crippen molar-refractivity contribution >= 4 is 13.5 Å². The summed E-state index contributed by atoms with van der Waals surface area (Å²) in [6.07, 6.45) is 4.52. The summed E-state index contributed by atoms with van der Waals surface area (Å²) in [5, 5.41) is 14.2. The average molecular weight is 614 g/mol. The Bertz CT molecular complexity index is 1350. The van der Waals surface area contributed by atoms with Gasteiger partial charge in [0.25, 0.3) is 0 Å². The molecule has 2 aromatic rings. The maximum absolute atomic E-state index is 14.2. The second-order valence-electron chi connectivity index (χ2n) is 13.3. The van der Waals surface area contributed by atoms with Crippen LogP contribution < -0.4 is 9.61 Å². The molecule has 0 heterocycles. The fourth-order valence-electron chi connectivity index (χ4n) is 6.07. The number of aromatic hydroxyl groups is 1. The van der Waals surface area contributed by atoms with Gasteiger partial charge in [-0.2, -0.15) is 0 Å². The second-order valence-corrected chi connectivity index (χ2v) is 15.4. The van der Waals surface area contributed by atoms with Gasteiger partial charge in [-0.15, -0.1) is 0 Å². The van der Waals surface area contributed by atoms with Gasteiger partial charge in [-0.25, -0.2) is 5.09 Å². The first-order chi connectivity index (χ1) is 20.3. The third-order valence-corrected chi connectivity index (χ3v) is 11.0. The molecule has 0 saturated heterocycles. The lowest BCUT2D eigenvalue weighted by molar-refractivity contribution is -0.144. The van der Waals surface area contributed by atoms with Crippen LogP contribution in [0.3, 0.4) is 0 Å². The number of esters is 1. The minimum atomic E-state index is -3.66. The highest BCUT2D eigenvalue weighted by Crippen LogP contribution is 2.54. The Balaban J connectivity index is 1.86. The number of carbonyl (C=O) groups excluding carboxylic acids is 1. The predicted octanol–water partition coefficient (Wildman–Crippen LogP) is 9.05. The monoisotopic (exact) mass is 613 g/mol.